The predicted molar refractivity (Wildman–Crippen MR) is 145 cm³/mol. The molecule has 0 spiro atoms. The molecule has 1 aromatic heterocycles. The van der Waals surface area contributed by atoms with Crippen molar-refractivity contribution in [2.24, 2.45) is 0 Å². The number of urea groups is 1. The number of anilines is 3. The van der Waals surface area contributed by atoms with E-state index in [0.29, 0.717) is 22.4 Å². The van der Waals surface area contributed by atoms with Crippen molar-refractivity contribution in [2.75, 3.05) is 44.4 Å². The first kappa shape index (κ1) is 26.5. The SMILES string of the molecule is Cc1ccc(C(=O)N(C)C)cc1-c1nc(NC2CCN(C)CC2)nc2c1CNC(=O)N2c1c(F)cccc1F. The van der Waals surface area contributed by atoms with Crippen LogP contribution in [0.15, 0.2) is 36.4 Å². The number of hydrogen-bond acceptors (Lipinski definition) is 6. The third-order valence-electron chi connectivity index (χ3n) is 7.18. The molecule has 2 aromatic carbocycles. The van der Waals surface area contributed by atoms with Crippen molar-refractivity contribution in [3.8, 4) is 11.3 Å². The number of nitrogens with one attached hydrogen (secondary N) is 2. The molecule has 3 heterocycles. The van der Waals surface area contributed by atoms with Crippen molar-refractivity contribution in [1.82, 2.24) is 25.1 Å². The van der Waals surface area contributed by atoms with E-state index < -0.39 is 23.4 Å². The number of hydrogen-bond donors (Lipinski definition) is 2. The number of fused-ring (bicyclic) bond motifs is 1. The lowest BCUT2D eigenvalue weighted by atomic mass is 9.97. The number of carbonyl (C=O) groups is 2. The Morgan fingerprint density at radius 3 is 2.46 bits per heavy atom. The fraction of sp³-hybridized carbons (Fsp3) is 0.357. The van der Waals surface area contributed by atoms with Gasteiger partial charge < -0.3 is 20.4 Å². The van der Waals surface area contributed by atoms with Crippen molar-refractivity contribution in [3.05, 3.63) is 64.7 Å². The van der Waals surface area contributed by atoms with Gasteiger partial charge in [0.1, 0.15) is 17.3 Å². The number of amides is 3. The van der Waals surface area contributed by atoms with Crippen LogP contribution in [-0.4, -0.2) is 72.0 Å². The lowest BCUT2D eigenvalue weighted by molar-refractivity contribution is 0.0827. The maximum absolute atomic E-state index is 14.9. The molecule has 2 N–H and O–H groups in total. The molecule has 1 fully saturated rings. The Balaban J connectivity index is 1.70. The van der Waals surface area contributed by atoms with Gasteiger partial charge in [0.15, 0.2) is 5.82 Å². The summed E-state index contributed by atoms with van der Waals surface area (Å²) in [5.41, 5.74) is 2.43. The number of piperidine rings is 1. The molecule has 39 heavy (non-hydrogen) atoms. The first-order valence-corrected chi connectivity index (χ1v) is 12.8. The summed E-state index contributed by atoms with van der Waals surface area (Å²) in [6, 6.07) is 8.16. The quantitative estimate of drug-likeness (QED) is 0.506. The van der Waals surface area contributed by atoms with E-state index >= 15 is 0 Å². The molecule has 2 aliphatic heterocycles. The number of rotatable bonds is 5. The van der Waals surface area contributed by atoms with Crippen molar-refractivity contribution in [2.45, 2.75) is 32.4 Å². The normalized spacial score (nSPS) is 16.1. The summed E-state index contributed by atoms with van der Waals surface area (Å²) in [6.07, 6.45) is 1.73. The summed E-state index contributed by atoms with van der Waals surface area (Å²) in [4.78, 5) is 40.0. The van der Waals surface area contributed by atoms with Crippen LogP contribution in [-0.2, 0) is 6.54 Å². The molecule has 2 aliphatic rings. The summed E-state index contributed by atoms with van der Waals surface area (Å²) < 4.78 is 29.9. The molecule has 0 atom stereocenters. The smallest absolute Gasteiger partial charge is 0.328 e. The fourth-order valence-electron chi connectivity index (χ4n) is 4.96. The van der Waals surface area contributed by atoms with Crippen LogP contribution in [0.5, 0.6) is 0 Å². The Labute approximate surface area is 225 Å². The molecule has 3 amide bonds. The maximum atomic E-state index is 14.9. The molecule has 9 nitrogen and oxygen atoms in total. The van der Waals surface area contributed by atoms with Crippen LogP contribution in [0.2, 0.25) is 0 Å². The van der Waals surface area contributed by atoms with Crippen LogP contribution >= 0.6 is 0 Å². The largest absolute Gasteiger partial charge is 0.351 e. The minimum Gasteiger partial charge on any atom is -0.351 e. The molecule has 0 aliphatic carbocycles. The van der Waals surface area contributed by atoms with Gasteiger partial charge in [0.25, 0.3) is 5.91 Å². The first-order valence-electron chi connectivity index (χ1n) is 12.8. The first-order chi connectivity index (χ1) is 18.6. The standard InChI is InChI=1S/C28H31F2N7O2/c1-16-8-9-17(26(38)35(2)3)14-19(16)23-20-15-31-28(39)37(24-21(29)6-5-7-22(24)30)25(20)34-27(33-23)32-18-10-12-36(4)13-11-18/h5-9,14,18H,10-13,15H2,1-4H3,(H,31,39)(H,32,33,34). The van der Waals surface area contributed by atoms with E-state index in [-0.39, 0.29) is 30.3 Å². The molecule has 0 bridgehead atoms. The van der Waals surface area contributed by atoms with E-state index in [9.17, 15) is 18.4 Å². The van der Waals surface area contributed by atoms with E-state index in [1.54, 1.807) is 26.2 Å². The lowest BCUT2D eigenvalue weighted by Gasteiger charge is -2.32. The van der Waals surface area contributed by atoms with E-state index in [0.717, 1.165) is 48.5 Å². The van der Waals surface area contributed by atoms with Crippen LogP contribution in [0, 0.1) is 18.6 Å². The molecule has 0 radical (unpaired) electrons. The second kappa shape index (κ2) is 10.6. The Hall–Kier alpha value is -4.12. The monoisotopic (exact) mass is 535 g/mol. The second-order valence-corrected chi connectivity index (χ2v) is 10.2. The second-order valence-electron chi connectivity index (χ2n) is 10.2. The van der Waals surface area contributed by atoms with Gasteiger partial charge in [-0.15, -0.1) is 0 Å². The molecule has 204 valence electrons. The Morgan fingerprint density at radius 2 is 1.79 bits per heavy atom. The topological polar surface area (TPSA) is 93.7 Å². The molecular weight excluding hydrogens is 504 g/mol. The number of aryl methyl sites for hydroxylation is 1. The van der Waals surface area contributed by atoms with Gasteiger partial charge in [-0.3, -0.25) is 4.79 Å². The summed E-state index contributed by atoms with van der Waals surface area (Å²) in [7, 11) is 5.41. The Morgan fingerprint density at radius 1 is 1.10 bits per heavy atom. The van der Waals surface area contributed by atoms with Gasteiger partial charge in [0, 0.05) is 36.8 Å². The third-order valence-corrected chi connectivity index (χ3v) is 7.18. The molecule has 11 heteroatoms. The lowest BCUT2D eigenvalue weighted by Crippen LogP contribution is -2.43. The average Bonchev–Trinajstić information content (AvgIpc) is 2.90. The van der Waals surface area contributed by atoms with Gasteiger partial charge in [-0.25, -0.2) is 23.5 Å². The number of aromatic nitrogens is 2. The van der Waals surface area contributed by atoms with Crippen LogP contribution in [0.4, 0.5) is 31.0 Å². The van der Waals surface area contributed by atoms with E-state index in [1.165, 1.54) is 11.0 Å². The highest BCUT2D eigenvalue weighted by molar-refractivity contribution is 6.02. The third kappa shape index (κ3) is 5.14. The van der Waals surface area contributed by atoms with Crippen molar-refractivity contribution >= 4 is 29.4 Å². The zero-order valence-electron chi connectivity index (χ0n) is 22.4. The number of carbonyl (C=O) groups excluding carboxylic acids is 2. The van der Waals surface area contributed by atoms with Crippen molar-refractivity contribution < 1.29 is 18.4 Å². The molecule has 1 saturated heterocycles. The van der Waals surface area contributed by atoms with Crippen LogP contribution in [0.25, 0.3) is 11.3 Å². The van der Waals surface area contributed by atoms with Gasteiger partial charge in [-0.05, 0) is 69.7 Å². The minimum absolute atomic E-state index is 0.0515. The predicted octanol–water partition coefficient (Wildman–Crippen LogP) is 4.30. The summed E-state index contributed by atoms with van der Waals surface area (Å²) in [6.45, 7) is 3.75. The van der Waals surface area contributed by atoms with Crippen molar-refractivity contribution in [3.63, 3.8) is 0 Å². The maximum Gasteiger partial charge on any atom is 0.328 e. The van der Waals surface area contributed by atoms with Gasteiger partial charge in [0.2, 0.25) is 5.95 Å². The summed E-state index contributed by atoms with van der Waals surface area (Å²) in [5.74, 6) is -1.62. The van der Waals surface area contributed by atoms with Crippen LogP contribution in [0.1, 0.15) is 34.3 Å². The minimum atomic E-state index is -0.891. The Kier molecular flexibility index (Phi) is 7.17. The van der Waals surface area contributed by atoms with Crippen LogP contribution < -0.4 is 15.5 Å². The number of benzene rings is 2. The van der Waals surface area contributed by atoms with E-state index in [1.807, 2.05) is 13.0 Å². The molecule has 0 unspecified atom stereocenters. The van der Waals surface area contributed by atoms with Gasteiger partial charge in [-0.1, -0.05) is 12.1 Å². The summed E-state index contributed by atoms with van der Waals surface area (Å²) in [5, 5.41) is 6.09. The number of halogens is 2. The fourth-order valence-corrected chi connectivity index (χ4v) is 4.96. The van der Waals surface area contributed by atoms with Gasteiger partial charge >= 0.3 is 6.03 Å². The van der Waals surface area contributed by atoms with Crippen LogP contribution in [0.3, 0.4) is 0 Å². The number of para-hydroxylation sites is 1. The van der Waals surface area contributed by atoms with Gasteiger partial charge in [-0.2, -0.15) is 4.98 Å². The highest BCUT2D eigenvalue weighted by atomic mass is 19.1. The highest BCUT2D eigenvalue weighted by Crippen LogP contribution is 2.39. The molecular formula is C28H31F2N7O2. The Bertz CT molecular complexity index is 1420. The summed E-state index contributed by atoms with van der Waals surface area (Å²) >= 11 is 0. The zero-order valence-corrected chi connectivity index (χ0v) is 22.4. The van der Waals surface area contributed by atoms with E-state index in [2.05, 4.69) is 27.6 Å². The molecule has 3 aromatic rings. The highest BCUT2D eigenvalue weighted by Gasteiger charge is 2.34. The number of likely N-dealkylation sites (tertiary alicyclic amines) is 1. The van der Waals surface area contributed by atoms with Gasteiger partial charge in [0.05, 0.1) is 12.2 Å². The number of nitrogens with zero attached hydrogens (tertiary/aromatic N) is 5. The van der Waals surface area contributed by atoms with Crippen molar-refractivity contribution in [1.29, 1.82) is 0 Å². The molecule has 5 rings (SSSR count). The average molecular weight is 536 g/mol. The molecule has 0 saturated carbocycles. The van der Waals surface area contributed by atoms with E-state index in [4.69, 9.17) is 4.98 Å². The zero-order chi connectivity index (χ0) is 27.8.